The quantitative estimate of drug-likeness (QED) is 0.558. The third-order valence-electron chi connectivity index (χ3n) is 6.23. The van der Waals surface area contributed by atoms with Crippen LogP contribution in [0.2, 0.25) is 0 Å². The van der Waals surface area contributed by atoms with Gasteiger partial charge in [-0.2, -0.15) is 5.26 Å². The number of aromatic nitrogens is 2. The van der Waals surface area contributed by atoms with E-state index in [-0.39, 0.29) is 17.9 Å². The van der Waals surface area contributed by atoms with Gasteiger partial charge in [-0.3, -0.25) is 4.40 Å². The molecule has 1 aromatic carbocycles. The fraction of sp³-hybridized carbons (Fsp3) is 0.417. The smallest absolute Gasteiger partial charge is 0.199 e. The van der Waals surface area contributed by atoms with Crippen molar-refractivity contribution in [1.82, 2.24) is 9.38 Å². The van der Waals surface area contributed by atoms with Crippen LogP contribution in [0.15, 0.2) is 36.5 Å². The van der Waals surface area contributed by atoms with Gasteiger partial charge in [0.1, 0.15) is 35.4 Å². The monoisotopic (exact) mass is 456 g/mol. The van der Waals surface area contributed by atoms with Gasteiger partial charge in [0.2, 0.25) is 0 Å². The third-order valence-corrected chi connectivity index (χ3v) is 6.23. The van der Waals surface area contributed by atoms with Gasteiger partial charge in [-0.15, -0.1) is 12.4 Å². The molecular weight excluding hydrogens is 428 g/mol. The molecular formula is C24H29ClN4O3. The molecule has 1 aliphatic rings. The Kier molecular flexibility index (Phi) is 7.17. The average Bonchev–Trinajstić information content (AvgIpc) is 3.40. The van der Waals surface area contributed by atoms with Crippen LogP contribution in [0.25, 0.3) is 16.9 Å². The van der Waals surface area contributed by atoms with E-state index in [2.05, 4.69) is 18.0 Å². The maximum Gasteiger partial charge on any atom is 0.199 e. The highest BCUT2D eigenvalue weighted by atomic mass is 35.5. The van der Waals surface area contributed by atoms with E-state index < -0.39 is 0 Å². The summed E-state index contributed by atoms with van der Waals surface area (Å²) in [6, 6.07) is 11.6. The Hall–Kier alpha value is -2.95. The minimum atomic E-state index is -0.372. The number of nitriles is 1. The van der Waals surface area contributed by atoms with Crippen LogP contribution < -0.4 is 19.9 Å². The van der Waals surface area contributed by atoms with Crippen LogP contribution in [0.3, 0.4) is 0 Å². The van der Waals surface area contributed by atoms with E-state index in [1.54, 1.807) is 20.4 Å². The first-order valence-corrected chi connectivity index (χ1v) is 10.6. The Balaban J connectivity index is 0.00000289. The fourth-order valence-corrected chi connectivity index (χ4v) is 4.46. The van der Waals surface area contributed by atoms with Gasteiger partial charge < -0.3 is 19.9 Å². The Morgan fingerprint density at radius 1 is 1.25 bits per heavy atom. The predicted octanol–water partition coefficient (Wildman–Crippen LogP) is 4.60. The summed E-state index contributed by atoms with van der Waals surface area (Å²) >= 11 is 0. The van der Waals surface area contributed by atoms with E-state index in [0.29, 0.717) is 35.5 Å². The maximum atomic E-state index is 9.76. The van der Waals surface area contributed by atoms with E-state index in [9.17, 15) is 5.26 Å². The highest BCUT2D eigenvalue weighted by Crippen LogP contribution is 2.38. The number of rotatable bonds is 7. The highest BCUT2D eigenvalue weighted by Gasteiger charge is 2.36. The van der Waals surface area contributed by atoms with E-state index in [1.165, 1.54) is 0 Å². The molecule has 7 nitrogen and oxygen atoms in total. The average molecular weight is 457 g/mol. The van der Waals surface area contributed by atoms with Crippen LogP contribution >= 0.6 is 12.4 Å². The Morgan fingerprint density at radius 3 is 2.69 bits per heavy atom. The van der Waals surface area contributed by atoms with Crippen LogP contribution in [0.4, 0.5) is 0 Å². The zero-order chi connectivity index (χ0) is 22.0. The molecule has 2 heterocycles. The van der Waals surface area contributed by atoms with Crippen molar-refractivity contribution in [2.75, 3.05) is 20.8 Å². The molecule has 0 radical (unpaired) electrons. The van der Waals surface area contributed by atoms with Crippen molar-refractivity contribution in [1.29, 1.82) is 5.26 Å². The lowest BCUT2D eigenvalue weighted by molar-refractivity contribution is 0.214. The van der Waals surface area contributed by atoms with Gasteiger partial charge in [-0.25, -0.2) is 4.98 Å². The first-order chi connectivity index (χ1) is 15.0. The number of nitrogens with zero attached hydrogens (tertiary/aromatic N) is 3. The molecule has 170 valence electrons. The molecule has 0 saturated heterocycles. The summed E-state index contributed by atoms with van der Waals surface area (Å²) in [6.45, 7) is 2.56. The number of ether oxygens (including phenoxy) is 3. The molecule has 0 unspecified atom stereocenters. The van der Waals surface area contributed by atoms with Gasteiger partial charge in [0.25, 0.3) is 0 Å². The Bertz CT molecular complexity index is 1140. The zero-order valence-electron chi connectivity index (χ0n) is 18.6. The number of methoxy groups -OCH3 is 2. The molecule has 2 atom stereocenters. The van der Waals surface area contributed by atoms with Crippen molar-refractivity contribution in [2.45, 2.75) is 38.1 Å². The molecule has 1 aliphatic carbocycles. The van der Waals surface area contributed by atoms with Crippen molar-refractivity contribution >= 4 is 18.1 Å². The number of benzene rings is 1. The van der Waals surface area contributed by atoms with Crippen molar-refractivity contribution in [3.8, 4) is 34.7 Å². The van der Waals surface area contributed by atoms with Crippen molar-refractivity contribution in [3.63, 3.8) is 0 Å². The summed E-state index contributed by atoms with van der Waals surface area (Å²) in [5.41, 5.74) is 8.99. The molecule has 0 spiro atoms. The lowest BCUT2D eigenvalue weighted by Crippen LogP contribution is -2.43. The van der Waals surface area contributed by atoms with Crippen molar-refractivity contribution in [3.05, 3.63) is 42.1 Å². The maximum absolute atomic E-state index is 9.76. The second-order valence-corrected chi connectivity index (χ2v) is 8.24. The molecule has 1 fully saturated rings. The molecule has 0 aliphatic heterocycles. The van der Waals surface area contributed by atoms with E-state index in [0.717, 1.165) is 42.6 Å². The molecule has 32 heavy (non-hydrogen) atoms. The number of fused-ring (bicyclic) bond motifs is 1. The second-order valence-electron chi connectivity index (χ2n) is 8.24. The van der Waals surface area contributed by atoms with Crippen molar-refractivity contribution < 1.29 is 14.2 Å². The van der Waals surface area contributed by atoms with Crippen LogP contribution in [0.1, 0.15) is 38.2 Å². The van der Waals surface area contributed by atoms with E-state index in [1.807, 2.05) is 34.7 Å². The van der Waals surface area contributed by atoms with Gasteiger partial charge in [-0.1, -0.05) is 19.4 Å². The largest absolute Gasteiger partial charge is 0.495 e. The number of pyridine rings is 1. The molecule has 1 saturated carbocycles. The zero-order valence-corrected chi connectivity index (χ0v) is 19.4. The summed E-state index contributed by atoms with van der Waals surface area (Å²) in [5.74, 6) is 2.21. The first-order valence-electron chi connectivity index (χ1n) is 10.6. The molecule has 8 heteroatoms. The van der Waals surface area contributed by atoms with Crippen molar-refractivity contribution in [2.24, 2.45) is 11.7 Å². The molecule has 2 aromatic heterocycles. The number of hydrogen-bond acceptors (Lipinski definition) is 6. The number of nitrogens with two attached hydrogens (primary N) is 1. The van der Waals surface area contributed by atoms with Gasteiger partial charge in [0, 0.05) is 5.56 Å². The summed E-state index contributed by atoms with van der Waals surface area (Å²) < 4.78 is 19.1. The second kappa shape index (κ2) is 9.68. The first kappa shape index (κ1) is 23.7. The minimum absolute atomic E-state index is 0. The minimum Gasteiger partial charge on any atom is -0.495 e. The predicted molar refractivity (Wildman–Crippen MR) is 126 cm³/mol. The molecule has 0 amide bonds. The topological polar surface area (TPSA) is 94.8 Å². The van der Waals surface area contributed by atoms with E-state index >= 15 is 0 Å². The molecule has 3 aromatic rings. The summed E-state index contributed by atoms with van der Waals surface area (Å²) in [5, 5.41) is 9.76. The normalized spacial score (nSPS) is 19.9. The summed E-state index contributed by atoms with van der Waals surface area (Å²) in [7, 11) is 3.17. The van der Waals surface area contributed by atoms with Crippen LogP contribution in [-0.2, 0) is 0 Å². The molecule has 2 N–H and O–H groups in total. The molecule has 4 rings (SSSR count). The number of imidazole rings is 1. The fourth-order valence-electron chi connectivity index (χ4n) is 4.46. The Labute approximate surface area is 194 Å². The van der Waals surface area contributed by atoms with Gasteiger partial charge in [-0.05, 0) is 49.4 Å². The van der Waals surface area contributed by atoms with Gasteiger partial charge in [0.15, 0.2) is 5.88 Å². The Morgan fingerprint density at radius 2 is 2.03 bits per heavy atom. The molecule has 0 bridgehead atoms. The van der Waals surface area contributed by atoms with Gasteiger partial charge >= 0.3 is 0 Å². The van der Waals surface area contributed by atoms with E-state index in [4.69, 9.17) is 19.9 Å². The van der Waals surface area contributed by atoms with Crippen LogP contribution in [0, 0.1) is 17.2 Å². The van der Waals surface area contributed by atoms with Gasteiger partial charge in [0.05, 0.1) is 31.6 Å². The lowest BCUT2D eigenvalue weighted by Gasteiger charge is -2.25. The summed E-state index contributed by atoms with van der Waals surface area (Å²) in [6.07, 6.45) is 5.88. The summed E-state index contributed by atoms with van der Waals surface area (Å²) in [4.78, 5) is 4.49. The number of hydrogen-bond donors (Lipinski definition) is 1. The lowest BCUT2D eigenvalue weighted by atomic mass is 9.97. The number of halogens is 1. The third kappa shape index (κ3) is 4.34. The van der Waals surface area contributed by atoms with Crippen LogP contribution in [-0.4, -0.2) is 35.8 Å². The SMILES string of the molecule is CC[C@H]1CC[C@](N)(COc2cc(-c3cnc4cccc(OC)n34)cc(OC)c2C#N)C1.Cl. The highest BCUT2D eigenvalue weighted by molar-refractivity contribution is 5.85. The van der Waals surface area contributed by atoms with Crippen LogP contribution in [0.5, 0.6) is 17.4 Å². The standard InChI is InChI=1S/C24H28N4O3.ClH/c1-4-16-8-9-24(26,12-16)15-31-21-11-17(10-20(29-2)18(21)13-25)19-14-27-22-6-5-7-23(30-3)28(19)22;/h5-7,10-11,14,16H,4,8-9,12,15,26H2,1-3H3;1H/t16-,24+;/m0./s1.